The molecule has 5 nitrogen and oxygen atoms in total. The van der Waals surface area contributed by atoms with Crippen LogP contribution in [0.15, 0.2) is 24.3 Å². The van der Waals surface area contributed by atoms with Crippen LogP contribution in [0.25, 0.3) is 0 Å². The predicted molar refractivity (Wildman–Crippen MR) is 79.1 cm³/mol. The Balaban J connectivity index is 1.61. The van der Waals surface area contributed by atoms with E-state index in [4.69, 9.17) is 5.11 Å². The van der Waals surface area contributed by atoms with Gasteiger partial charge in [0.05, 0.1) is 6.61 Å². The van der Waals surface area contributed by atoms with Gasteiger partial charge >= 0.3 is 0 Å². The smallest absolute Gasteiger partial charge is 0.223 e. The summed E-state index contributed by atoms with van der Waals surface area (Å²) in [6.07, 6.45) is 1.25. The van der Waals surface area contributed by atoms with Gasteiger partial charge in [-0.1, -0.05) is 31.2 Å². The average Bonchev–Trinajstić information content (AvgIpc) is 3.22. The molecule has 5 heteroatoms. The average molecular weight is 290 g/mol. The second kappa shape index (κ2) is 7.22. The van der Waals surface area contributed by atoms with Crippen LogP contribution in [0.4, 0.5) is 0 Å². The van der Waals surface area contributed by atoms with Crippen LogP contribution in [-0.2, 0) is 22.7 Å². The molecular weight excluding hydrogens is 268 g/mol. The number of aliphatic hydroxyl groups excluding tert-OH is 1. The fraction of sp³-hybridized carbons (Fsp3) is 0.500. The van der Waals surface area contributed by atoms with Crippen molar-refractivity contribution in [2.75, 3.05) is 6.54 Å². The summed E-state index contributed by atoms with van der Waals surface area (Å²) >= 11 is 0. The largest absolute Gasteiger partial charge is 0.392 e. The number of hydrogen-bond donors (Lipinski definition) is 3. The highest BCUT2D eigenvalue weighted by Crippen LogP contribution is 2.37. The van der Waals surface area contributed by atoms with Crippen LogP contribution < -0.4 is 10.6 Å². The number of nitrogens with one attached hydrogen (secondary N) is 2. The Labute approximate surface area is 124 Å². The van der Waals surface area contributed by atoms with E-state index < -0.39 is 0 Å². The predicted octanol–water partition coefficient (Wildman–Crippen LogP) is 0.957. The molecule has 2 unspecified atom stereocenters. The molecule has 2 rings (SSSR count). The lowest BCUT2D eigenvalue weighted by atomic mass is 10.1. The molecule has 1 aromatic rings. The SMILES string of the molecule is CC1CC1C(=O)NCCC(=O)NCc1ccc(CO)cc1. The summed E-state index contributed by atoms with van der Waals surface area (Å²) in [5.74, 6) is 0.624. The van der Waals surface area contributed by atoms with E-state index in [2.05, 4.69) is 17.6 Å². The van der Waals surface area contributed by atoms with E-state index in [0.717, 1.165) is 17.5 Å². The van der Waals surface area contributed by atoms with Gasteiger partial charge < -0.3 is 15.7 Å². The summed E-state index contributed by atoms with van der Waals surface area (Å²) in [7, 11) is 0. The van der Waals surface area contributed by atoms with Gasteiger partial charge in [-0.2, -0.15) is 0 Å². The summed E-state index contributed by atoms with van der Waals surface area (Å²) in [4.78, 5) is 23.2. The summed E-state index contributed by atoms with van der Waals surface area (Å²) in [5.41, 5.74) is 1.83. The highest BCUT2D eigenvalue weighted by Gasteiger charge is 2.38. The molecule has 3 N–H and O–H groups in total. The van der Waals surface area contributed by atoms with Crippen molar-refractivity contribution in [3.8, 4) is 0 Å². The Morgan fingerprint density at radius 1 is 1.19 bits per heavy atom. The molecule has 1 aliphatic rings. The van der Waals surface area contributed by atoms with Crippen molar-refractivity contribution >= 4 is 11.8 Å². The minimum atomic E-state index is -0.0784. The second-order valence-electron chi connectivity index (χ2n) is 5.61. The first-order valence-electron chi connectivity index (χ1n) is 7.33. The Kier molecular flexibility index (Phi) is 5.33. The van der Waals surface area contributed by atoms with Crippen molar-refractivity contribution in [3.63, 3.8) is 0 Å². The number of aliphatic hydroxyl groups is 1. The van der Waals surface area contributed by atoms with E-state index in [1.165, 1.54) is 0 Å². The fourth-order valence-electron chi connectivity index (χ4n) is 2.17. The van der Waals surface area contributed by atoms with Gasteiger partial charge in [-0.15, -0.1) is 0 Å². The van der Waals surface area contributed by atoms with E-state index >= 15 is 0 Å². The standard InChI is InChI=1S/C16H22N2O3/c1-11-8-14(11)16(21)17-7-6-15(20)18-9-12-2-4-13(10-19)5-3-12/h2-5,11,14,19H,6-10H2,1H3,(H,17,21)(H,18,20). The molecule has 0 bridgehead atoms. The van der Waals surface area contributed by atoms with Gasteiger partial charge in [-0.05, 0) is 23.5 Å². The molecule has 114 valence electrons. The molecule has 1 aromatic carbocycles. The third-order valence-corrected chi connectivity index (χ3v) is 3.79. The van der Waals surface area contributed by atoms with Crippen molar-refractivity contribution in [2.45, 2.75) is 32.9 Å². The van der Waals surface area contributed by atoms with Crippen molar-refractivity contribution < 1.29 is 14.7 Å². The molecule has 0 aromatic heterocycles. The number of carbonyl (C=O) groups excluding carboxylic acids is 2. The third-order valence-electron chi connectivity index (χ3n) is 3.79. The van der Waals surface area contributed by atoms with Crippen LogP contribution in [0.2, 0.25) is 0 Å². The van der Waals surface area contributed by atoms with Crippen LogP contribution in [0.3, 0.4) is 0 Å². The number of rotatable bonds is 7. The van der Waals surface area contributed by atoms with Gasteiger partial charge in [0.25, 0.3) is 0 Å². The Hall–Kier alpha value is -1.88. The molecule has 1 fully saturated rings. The van der Waals surface area contributed by atoms with Crippen LogP contribution in [0.5, 0.6) is 0 Å². The highest BCUT2D eigenvalue weighted by atomic mass is 16.3. The minimum absolute atomic E-state index is 0.0198. The Morgan fingerprint density at radius 3 is 2.38 bits per heavy atom. The lowest BCUT2D eigenvalue weighted by Crippen LogP contribution is -2.31. The van der Waals surface area contributed by atoms with Gasteiger partial charge in [0.1, 0.15) is 0 Å². The zero-order chi connectivity index (χ0) is 15.2. The number of benzene rings is 1. The van der Waals surface area contributed by atoms with Gasteiger partial charge in [0.15, 0.2) is 0 Å². The molecule has 0 spiro atoms. The fourth-order valence-corrected chi connectivity index (χ4v) is 2.17. The lowest BCUT2D eigenvalue weighted by molar-refractivity contribution is -0.123. The first-order valence-corrected chi connectivity index (χ1v) is 7.33. The molecule has 0 radical (unpaired) electrons. The zero-order valence-electron chi connectivity index (χ0n) is 12.3. The summed E-state index contributed by atoms with van der Waals surface area (Å²) in [6, 6.07) is 7.42. The third kappa shape index (κ3) is 4.86. The van der Waals surface area contributed by atoms with Crippen molar-refractivity contribution in [2.24, 2.45) is 11.8 Å². The maximum atomic E-state index is 11.7. The molecule has 21 heavy (non-hydrogen) atoms. The molecule has 2 atom stereocenters. The highest BCUT2D eigenvalue weighted by molar-refractivity contribution is 5.82. The topological polar surface area (TPSA) is 78.4 Å². The zero-order valence-corrected chi connectivity index (χ0v) is 12.3. The van der Waals surface area contributed by atoms with Gasteiger partial charge in [-0.3, -0.25) is 9.59 Å². The Morgan fingerprint density at radius 2 is 1.81 bits per heavy atom. The quantitative estimate of drug-likeness (QED) is 0.700. The van der Waals surface area contributed by atoms with Crippen molar-refractivity contribution in [3.05, 3.63) is 35.4 Å². The number of carbonyl (C=O) groups is 2. The normalized spacial score (nSPS) is 19.9. The van der Waals surface area contributed by atoms with Gasteiger partial charge in [0, 0.05) is 25.4 Å². The van der Waals surface area contributed by atoms with E-state index in [-0.39, 0.29) is 24.3 Å². The van der Waals surface area contributed by atoms with E-state index in [1.54, 1.807) is 0 Å². The summed E-state index contributed by atoms with van der Waals surface area (Å²) in [5, 5.41) is 14.5. The molecule has 2 amide bonds. The van der Waals surface area contributed by atoms with Crippen LogP contribution in [0, 0.1) is 11.8 Å². The van der Waals surface area contributed by atoms with E-state index in [9.17, 15) is 9.59 Å². The van der Waals surface area contributed by atoms with E-state index in [1.807, 2.05) is 24.3 Å². The second-order valence-corrected chi connectivity index (χ2v) is 5.61. The number of hydrogen-bond acceptors (Lipinski definition) is 3. The maximum Gasteiger partial charge on any atom is 0.223 e. The first-order chi connectivity index (χ1) is 10.1. The van der Waals surface area contributed by atoms with Crippen LogP contribution >= 0.6 is 0 Å². The molecule has 1 aliphatic carbocycles. The minimum Gasteiger partial charge on any atom is -0.392 e. The number of amides is 2. The molecule has 0 heterocycles. The maximum absolute atomic E-state index is 11.7. The van der Waals surface area contributed by atoms with Crippen molar-refractivity contribution in [1.82, 2.24) is 10.6 Å². The molecular formula is C16H22N2O3. The van der Waals surface area contributed by atoms with Gasteiger partial charge in [-0.25, -0.2) is 0 Å². The lowest BCUT2D eigenvalue weighted by Gasteiger charge is -2.07. The Bertz CT molecular complexity index is 499. The van der Waals surface area contributed by atoms with E-state index in [0.29, 0.717) is 25.4 Å². The summed E-state index contributed by atoms with van der Waals surface area (Å²) in [6.45, 7) is 2.92. The molecule has 0 saturated heterocycles. The van der Waals surface area contributed by atoms with Crippen LogP contribution in [-0.4, -0.2) is 23.5 Å². The monoisotopic (exact) mass is 290 g/mol. The molecule has 0 aliphatic heterocycles. The van der Waals surface area contributed by atoms with Crippen LogP contribution in [0.1, 0.15) is 30.9 Å². The van der Waals surface area contributed by atoms with Gasteiger partial charge in [0.2, 0.25) is 11.8 Å². The first kappa shape index (κ1) is 15.5. The van der Waals surface area contributed by atoms with Crippen molar-refractivity contribution in [1.29, 1.82) is 0 Å². The summed E-state index contributed by atoms with van der Waals surface area (Å²) < 4.78 is 0. The molecule has 1 saturated carbocycles.